The fourth-order valence-electron chi connectivity index (χ4n) is 3.56. The number of hydrogen-bond donors (Lipinski definition) is 0. The van der Waals surface area contributed by atoms with Crippen LogP contribution in [0.3, 0.4) is 0 Å². The molecule has 8 heteroatoms. The number of amides is 1. The molecule has 0 N–H and O–H groups in total. The summed E-state index contributed by atoms with van der Waals surface area (Å²) in [6.45, 7) is 9.54. The van der Waals surface area contributed by atoms with Crippen molar-refractivity contribution in [1.29, 1.82) is 0 Å². The number of carbonyl (C=O) groups excluding carboxylic acids is 2. The Morgan fingerprint density at radius 2 is 1.82 bits per heavy atom. The summed E-state index contributed by atoms with van der Waals surface area (Å²) < 4.78 is 16.2. The number of rotatable bonds is 6. The van der Waals surface area contributed by atoms with Crippen molar-refractivity contribution in [2.75, 3.05) is 19.1 Å². The zero-order valence-corrected chi connectivity index (χ0v) is 21.4. The van der Waals surface area contributed by atoms with Gasteiger partial charge in [-0.3, -0.25) is 9.88 Å². The van der Waals surface area contributed by atoms with E-state index in [-0.39, 0.29) is 6.54 Å². The molecule has 0 aliphatic rings. The van der Waals surface area contributed by atoms with E-state index in [1.165, 1.54) is 18.4 Å². The average Bonchev–Trinajstić information content (AvgIpc) is 3.27. The van der Waals surface area contributed by atoms with Crippen LogP contribution in [0.2, 0.25) is 0 Å². The van der Waals surface area contributed by atoms with Gasteiger partial charge in [-0.15, -0.1) is 11.3 Å². The van der Waals surface area contributed by atoms with Crippen LogP contribution < -0.4 is 9.64 Å². The van der Waals surface area contributed by atoms with Crippen LogP contribution in [0.15, 0.2) is 41.9 Å². The largest absolute Gasteiger partial charge is 0.496 e. The van der Waals surface area contributed by atoms with Crippen molar-refractivity contribution in [3.05, 3.63) is 64.3 Å². The molecule has 0 spiro atoms. The van der Waals surface area contributed by atoms with Gasteiger partial charge in [0.25, 0.3) is 0 Å². The number of nitrogens with zero attached hydrogens (tertiary/aromatic N) is 2. The Morgan fingerprint density at radius 3 is 2.47 bits per heavy atom. The highest BCUT2D eigenvalue weighted by Crippen LogP contribution is 2.36. The second-order valence-corrected chi connectivity index (χ2v) is 9.71. The van der Waals surface area contributed by atoms with Gasteiger partial charge >= 0.3 is 12.1 Å². The number of pyridine rings is 1. The minimum Gasteiger partial charge on any atom is -0.496 e. The number of hydrogen-bond acceptors (Lipinski definition) is 7. The van der Waals surface area contributed by atoms with Crippen LogP contribution in [0.25, 0.3) is 11.1 Å². The van der Waals surface area contributed by atoms with Gasteiger partial charge in [-0.2, -0.15) is 0 Å². The summed E-state index contributed by atoms with van der Waals surface area (Å²) in [5, 5.41) is 2.58. The van der Waals surface area contributed by atoms with E-state index in [1.54, 1.807) is 30.3 Å². The summed E-state index contributed by atoms with van der Waals surface area (Å²) >= 11 is 1.39. The van der Waals surface area contributed by atoms with Gasteiger partial charge in [0, 0.05) is 22.7 Å². The van der Waals surface area contributed by atoms with Gasteiger partial charge in [0.05, 0.1) is 32.0 Å². The highest BCUT2D eigenvalue weighted by Gasteiger charge is 2.27. The van der Waals surface area contributed by atoms with E-state index >= 15 is 0 Å². The van der Waals surface area contributed by atoms with Crippen molar-refractivity contribution in [2.24, 2.45) is 0 Å². The Bertz CT molecular complexity index is 1200. The molecule has 2 heterocycles. The first-order valence-corrected chi connectivity index (χ1v) is 11.7. The van der Waals surface area contributed by atoms with Crippen molar-refractivity contribution in [3.8, 4) is 16.9 Å². The highest BCUT2D eigenvalue weighted by molar-refractivity contribution is 7.14. The van der Waals surface area contributed by atoms with Crippen molar-refractivity contribution >= 4 is 28.4 Å². The predicted molar refractivity (Wildman–Crippen MR) is 134 cm³/mol. The normalized spacial score (nSPS) is 11.1. The summed E-state index contributed by atoms with van der Waals surface area (Å²) in [7, 11) is 2.97. The SMILES string of the molecule is COC(=O)c1ccccc1-c1csc(N(Cc2ncc(C)c(OC)c2C)C(=O)OC(C)(C)C)c1. The van der Waals surface area contributed by atoms with E-state index in [0.29, 0.717) is 16.3 Å². The maximum Gasteiger partial charge on any atom is 0.415 e. The van der Waals surface area contributed by atoms with Crippen molar-refractivity contribution in [3.63, 3.8) is 0 Å². The quantitative estimate of drug-likeness (QED) is 0.391. The second-order valence-electron chi connectivity index (χ2n) is 8.82. The Kier molecular flexibility index (Phi) is 7.61. The Morgan fingerprint density at radius 1 is 1.12 bits per heavy atom. The molecular formula is C26H30N2O5S. The summed E-state index contributed by atoms with van der Waals surface area (Å²) in [6.07, 6.45) is 1.25. The fraction of sp³-hybridized carbons (Fsp3) is 0.346. The first-order valence-electron chi connectivity index (χ1n) is 10.8. The van der Waals surface area contributed by atoms with Crippen LogP contribution in [0, 0.1) is 13.8 Å². The van der Waals surface area contributed by atoms with Crippen molar-refractivity contribution < 1.29 is 23.8 Å². The molecule has 0 atom stereocenters. The monoisotopic (exact) mass is 482 g/mol. The summed E-state index contributed by atoms with van der Waals surface area (Å²) in [4.78, 5) is 31.6. The Labute approximate surface area is 204 Å². The molecule has 0 fully saturated rings. The van der Waals surface area contributed by atoms with Gasteiger partial charge in [0.2, 0.25) is 0 Å². The lowest BCUT2D eigenvalue weighted by atomic mass is 10.0. The molecule has 3 rings (SSSR count). The molecule has 180 valence electrons. The number of anilines is 1. The van der Waals surface area contributed by atoms with E-state index in [2.05, 4.69) is 4.98 Å². The number of methoxy groups -OCH3 is 2. The lowest BCUT2D eigenvalue weighted by molar-refractivity contribution is 0.0574. The number of thiophene rings is 1. The molecule has 0 unspecified atom stereocenters. The number of esters is 1. The summed E-state index contributed by atoms with van der Waals surface area (Å²) in [6, 6.07) is 9.09. The number of aromatic nitrogens is 1. The molecule has 0 saturated carbocycles. The third-order valence-corrected chi connectivity index (χ3v) is 6.12. The average molecular weight is 483 g/mol. The lowest BCUT2D eigenvalue weighted by Gasteiger charge is -2.27. The molecule has 7 nitrogen and oxygen atoms in total. The maximum absolute atomic E-state index is 13.2. The standard InChI is InChI=1S/C26H30N2O5S/c1-16-13-27-21(17(2)23(16)31-6)14-28(25(30)33-26(3,4)5)22-12-18(15-34-22)19-10-8-9-11-20(19)24(29)32-7/h8-13,15H,14H2,1-7H3. The topological polar surface area (TPSA) is 78.0 Å². The van der Waals surface area contributed by atoms with Gasteiger partial charge < -0.3 is 14.2 Å². The minimum absolute atomic E-state index is 0.204. The molecule has 1 aromatic carbocycles. The molecule has 0 bridgehead atoms. The predicted octanol–water partition coefficient (Wildman–Crippen LogP) is 6.16. The van der Waals surface area contributed by atoms with Crippen LogP contribution in [0.4, 0.5) is 9.80 Å². The Balaban J connectivity index is 2.04. The molecule has 34 heavy (non-hydrogen) atoms. The Hall–Kier alpha value is -3.39. The van der Waals surface area contributed by atoms with Gasteiger partial charge in [-0.25, -0.2) is 9.59 Å². The molecular weight excluding hydrogens is 452 g/mol. The minimum atomic E-state index is -0.666. The number of ether oxygens (including phenoxy) is 3. The smallest absolute Gasteiger partial charge is 0.415 e. The van der Waals surface area contributed by atoms with Crippen molar-refractivity contribution in [2.45, 2.75) is 46.8 Å². The first kappa shape index (κ1) is 25.2. The van der Waals surface area contributed by atoms with Crippen LogP contribution in [0.5, 0.6) is 5.75 Å². The zero-order valence-electron chi connectivity index (χ0n) is 20.6. The van der Waals surface area contributed by atoms with Gasteiger partial charge in [-0.05, 0) is 57.9 Å². The molecule has 0 aliphatic heterocycles. The number of carbonyl (C=O) groups is 2. The molecule has 0 aliphatic carbocycles. The van der Waals surface area contributed by atoms with E-state index in [9.17, 15) is 9.59 Å². The van der Waals surface area contributed by atoms with Crippen LogP contribution in [-0.2, 0) is 16.0 Å². The zero-order chi connectivity index (χ0) is 25.0. The van der Waals surface area contributed by atoms with E-state index < -0.39 is 17.7 Å². The van der Waals surface area contributed by atoms with Crippen LogP contribution in [0.1, 0.15) is 48.0 Å². The molecule has 2 aromatic heterocycles. The van der Waals surface area contributed by atoms with E-state index in [0.717, 1.165) is 28.0 Å². The second kappa shape index (κ2) is 10.3. The highest BCUT2D eigenvalue weighted by atomic mass is 32.1. The molecule has 3 aromatic rings. The summed E-state index contributed by atoms with van der Waals surface area (Å²) in [5.41, 5.74) is 3.82. The number of aryl methyl sites for hydroxylation is 1. The fourth-order valence-corrected chi connectivity index (χ4v) is 4.46. The summed E-state index contributed by atoms with van der Waals surface area (Å²) in [5.74, 6) is 0.326. The first-order chi connectivity index (χ1) is 16.1. The number of benzene rings is 1. The van der Waals surface area contributed by atoms with Crippen LogP contribution in [-0.4, -0.2) is 36.9 Å². The van der Waals surface area contributed by atoms with Gasteiger partial charge in [0.1, 0.15) is 16.4 Å². The maximum atomic E-state index is 13.2. The van der Waals surface area contributed by atoms with E-state index in [1.807, 2.05) is 58.2 Å². The molecule has 0 saturated heterocycles. The van der Waals surface area contributed by atoms with Crippen molar-refractivity contribution in [1.82, 2.24) is 4.98 Å². The van der Waals surface area contributed by atoms with E-state index in [4.69, 9.17) is 14.2 Å². The third kappa shape index (κ3) is 5.56. The molecule has 1 amide bonds. The van der Waals surface area contributed by atoms with Gasteiger partial charge in [-0.1, -0.05) is 18.2 Å². The van der Waals surface area contributed by atoms with Crippen LogP contribution >= 0.6 is 11.3 Å². The lowest BCUT2D eigenvalue weighted by Crippen LogP contribution is -2.36. The van der Waals surface area contributed by atoms with Gasteiger partial charge in [0.15, 0.2) is 0 Å². The third-order valence-electron chi connectivity index (χ3n) is 5.17. The molecule has 0 radical (unpaired) electrons.